The molecule has 0 spiro atoms. The largest absolute Gasteiger partial charge is 0.341 e. The van der Waals surface area contributed by atoms with Crippen LogP contribution in [0.3, 0.4) is 0 Å². The van der Waals surface area contributed by atoms with Crippen LogP contribution in [0.2, 0.25) is 0 Å². The van der Waals surface area contributed by atoms with Crippen molar-refractivity contribution in [2.45, 2.75) is 27.2 Å². The SMILES string of the molecule is CCC(C)CN(CC)c1nccc(C#N)n1. The highest BCUT2D eigenvalue weighted by Crippen LogP contribution is 2.11. The lowest BCUT2D eigenvalue weighted by molar-refractivity contribution is 0.542. The van der Waals surface area contributed by atoms with Crippen molar-refractivity contribution < 1.29 is 0 Å². The number of rotatable bonds is 5. The molecule has 0 aliphatic carbocycles. The van der Waals surface area contributed by atoms with Gasteiger partial charge in [0, 0.05) is 19.3 Å². The highest BCUT2D eigenvalue weighted by Gasteiger charge is 2.11. The lowest BCUT2D eigenvalue weighted by Gasteiger charge is -2.23. The van der Waals surface area contributed by atoms with Crippen LogP contribution in [0.1, 0.15) is 32.9 Å². The van der Waals surface area contributed by atoms with Gasteiger partial charge in [-0.3, -0.25) is 0 Å². The molecule has 1 aromatic heterocycles. The van der Waals surface area contributed by atoms with Gasteiger partial charge in [-0.1, -0.05) is 20.3 Å². The normalized spacial score (nSPS) is 11.9. The van der Waals surface area contributed by atoms with Crippen molar-refractivity contribution in [2.75, 3.05) is 18.0 Å². The second-order valence-corrected chi connectivity index (χ2v) is 3.91. The standard InChI is InChI=1S/C12H18N4/c1-4-10(3)9-16(5-2)12-14-7-6-11(8-13)15-12/h6-7,10H,4-5,9H2,1-3H3. The number of anilines is 1. The Morgan fingerprint density at radius 3 is 2.81 bits per heavy atom. The van der Waals surface area contributed by atoms with E-state index in [-0.39, 0.29) is 0 Å². The number of nitrogens with zero attached hydrogens (tertiary/aromatic N) is 4. The maximum Gasteiger partial charge on any atom is 0.226 e. The first kappa shape index (κ1) is 12.4. The Labute approximate surface area is 96.9 Å². The molecule has 0 N–H and O–H groups in total. The molecular formula is C12H18N4. The molecule has 0 aromatic carbocycles. The highest BCUT2D eigenvalue weighted by molar-refractivity contribution is 5.33. The van der Waals surface area contributed by atoms with Crippen molar-refractivity contribution >= 4 is 5.95 Å². The molecule has 0 aliphatic rings. The molecule has 1 atom stereocenters. The Balaban J connectivity index is 2.82. The minimum absolute atomic E-state index is 0.424. The molecule has 0 saturated heterocycles. The van der Waals surface area contributed by atoms with Crippen molar-refractivity contribution in [1.82, 2.24) is 9.97 Å². The fraction of sp³-hybridized carbons (Fsp3) is 0.583. The van der Waals surface area contributed by atoms with Crippen molar-refractivity contribution in [1.29, 1.82) is 5.26 Å². The third-order valence-corrected chi connectivity index (χ3v) is 2.65. The fourth-order valence-corrected chi connectivity index (χ4v) is 1.42. The van der Waals surface area contributed by atoms with E-state index in [4.69, 9.17) is 5.26 Å². The molecule has 1 aromatic rings. The van der Waals surface area contributed by atoms with Crippen LogP contribution in [0.5, 0.6) is 0 Å². The summed E-state index contributed by atoms with van der Waals surface area (Å²) in [5.74, 6) is 1.26. The van der Waals surface area contributed by atoms with Gasteiger partial charge in [-0.05, 0) is 18.9 Å². The molecule has 86 valence electrons. The second kappa shape index (κ2) is 6.06. The first-order valence-electron chi connectivity index (χ1n) is 5.69. The van der Waals surface area contributed by atoms with Crippen LogP contribution in [-0.2, 0) is 0 Å². The molecule has 4 nitrogen and oxygen atoms in total. The molecule has 4 heteroatoms. The zero-order chi connectivity index (χ0) is 12.0. The van der Waals surface area contributed by atoms with Gasteiger partial charge in [0.15, 0.2) is 0 Å². The van der Waals surface area contributed by atoms with Crippen LogP contribution in [-0.4, -0.2) is 23.1 Å². The van der Waals surface area contributed by atoms with Gasteiger partial charge >= 0.3 is 0 Å². The van der Waals surface area contributed by atoms with Crippen LogP contribution >= 0.6 is 0 Å². The van der Waals surface area contributed by atoms with Crippen molar-refractivity contribution in [3.63, 3.8) is 0 Å². The maximum absolute atomic E-state index is 8.79. The zero-order valence-corrected chi connectivity index (χ0v) is 10.1. The Bertz CT molecular complexity index is 370. The molecule has 0 bridgehead atoms. The van der Waals surface area contributed by atoms with E-state index in [0.717, 1.165) is 19.5 Å². The number of hydrogen-bond acceptors (Lipinski definition) is 4. The highest BCUT2D eigenvalue weighted by atomic mass is 15.2. The Morgan fingerprint density at radius 1 is 1.50 bits per heavy atom. The summed E-state index contributed by atoms with van der Waals surface area (Å²) in [6, 6.07) is 3.66. The summed E-state index contributed by atoms with van der Waals surface area (Å²) in [5.41, 5.74) is 0.424. The van der Waals surface area contributed by atoms with Crippen molar-refractivity contribution in [3.8, 4) is 6.07 Å². The second-order valence-electron chi connectivity index (χ2n) is 3.91. The Kier molecular flexibility index (Phi) is 4.71. The molecule has 0 aliphatic heterocycles. The summed E-state index contributed by atoms with van der Waals surface area (Å²) in [6.07, 6.45) is 2.77. The lowest BCUT2D eigenvalue weighted by atomic mass is 10.1. The third-order valence-electron chi connectivity index (χ3n) is 2.65. The summed E-state index contributed by atoms with van der Waals surface area (Å²) >= 11 is 0. The topological polar surface area (TPSA) is 52.8 Å². The van der Waals surface area contributed by atoms with Crippen LogP contribution < -0.4 is 4.90 Å². The van der Waals surface area contributed by atoms with Gasteiger partial charge in [0.1, 0.15) is 11.8 Å². The van der Waals surface area contributed by atoms with Gasteiger partial charge in [-0.15, -0.1) is 0 Å². The lowest BCUT2D eigenvalue weighted by Crippen LogP contribution is -2.29. The molecule has 0 fully saturated rings. The monoisotopic (exact) mass is 218 g/mol. The molecule has 0 radical (unpaired) electrons. The summed E-state index contributed by atoms with van der Waals surface area (Å²) in [4.78, 5) is 10.5. The van der Waals surface area contributed by atoms with E-state index in [2.05, 4.69) is 35.6 Å². The zero-order valence-electron chi connectivity index (χ0n) is 10.1. The van der Waals surface area contributed by atoms with Crippen LogP contribution in [0, 0.1) is 17.2 Å². The quantitative estimate of drug-likeness (QED) is 0.760. The van der Waals surface area contributed by atoms with Crippen LogP contribution in [0.15, 0.2) is 12.3 Å². The van der Waals surface area contributed by atoms with E-state index < -0.39 is 0 Å². The first-order chi connectivity index (χ1) is 7.71. The van der Waals surface area contributed by atoms with Crippen LogP contribution in [0.4, 0.5) is 5.95 Å². The number of nitriles is 1. The Morgan fingerprint density at radius 2 is 2.25 bits per heavy atom. The summed E-state index contributed by atoms with van der Waals surface area (Å²) in [5, 5.41) is 8.79. The molecule has 1 rings (SSSR count). The van der Waals surface area contributed by atoms with E-state index in [0.29, 0.717) is 17.6 Å². The van der Waals surface area contributed by atoms with Crippen molar-refractivity contribution in [2.24, 2.45) is 5.92 Å². The average molecular weight is 218 g/mol. The smallest absolute Gasteiger partial charge is 0.226 e. The van der Waals surface area contributed by atoms with Gasteiger partial charge in [0.2, 0.25) is 5.95 Å². The van der Waals surface area contributed by atoms with Crippen LogP contribution in [0.25, 0.3) is 0 Å². The van der Waals surface area contributed by atoms with Crippen molar-refractivity contribution in [3.05, 3.63) is 18.0 Å². The summed E-state index contributed by atoms with van der Waals surface area (Å²) in [7, 11) is 0. The molecule has 0 amide bonds. The van der Waals surface area contributed by atoms with E-state index in [1.807, 2.05) is 6.07 Å². The minimum Gasteiger partial charge on any atom is -0.341 e. The van der Waals surface area contributed by atoms with Gasteiger partial charge in [0.05, 0.1) is 0 Å². The van der Waals surface area contributed by atoms with E-state index in [1.54, 1.807) is 12.3 Å². The minimum atomic E-state index is 0.424. The van der Waals surface area contributed by atoms with Gasteiger partial charge in [0.25, 0.3) is 0 Å². The first-order valence-corrected chi connectivity index (χ1v) is 5.69. The maximum atomic E-state index is 8.79. The van der Waals surface area contributed by atoms with E-state index in [9.17, 15) is 0 Å². The molecular weight excluding hydrogens is 200 g/mol. The molecule has 1 heterocycles. The summed E-state index contributed by atoms with van der Waals surface area (Å²) in [6.45, 7) is 8.24. The summed E-state index contributed by atoms with van der Waals surface area (Å²) < 4.78 is 0. The fourth-order valence-electron chi connectivity index (χ4n) is 1.42. The third kappa shape index (κ3) is 3.20. The predicted molar refractivity (Wildman–Crippen MR) is 64.1 cm³/mol. The van der Waals surface area contributed by atoms with E-state index >= 15 is 0 Å². The molecule has 0 saturated carbocycles. The number of hydrogen-bond donors (Lipinski definition) is 0. The molecule has 16 heavy (non-hydrogen) atoms. The number of aromatic nitrogens is 2. The van der Waals surface area contributed by atoms with Gasteiger partial charge < -0.3 is 4.90 Å². The van der Waals surface area contributed by atoms with Gasteiger partial charge in [-0.2, -0.15) is 5.26 Å². The molecule has 1 unspecified atom stereocenters. The Hall–Kier alpha value is -1.63. The average Bonchev–Trinajstić information content (AvgIpc) is 2.35. The van der Waals surface area contributed by atoms with E-state index in [1.165, 1.54) is 0 Å². The predicted octanol–water partition coefficient (Wildman–Crippen LogP) is 2.22. The van der Waals surface area contributed by atoms with Gasteiger partial charge in [-0.25, -0.2) is 9.97 Å².